The van der Waals surface area contributed by atoms with Crippen LogP contribution in [0, 0.1) is 11.8 Å². The monoisotopic (exact) mass is 519 g/mol. The van der Waals surface area contributed by atoms with Crippen LogP contribution < -0.4 is 0 Å². The van der Waals surface area contributed by atoms with Gasteiger partial charge >= 0.3 is 6.18 Å². The van der Waals surface area contributed by atoms with E-state index in [1.54, 1.807) is 0 Å². The number of nitrogens with zero attached hydrogens (tertiary/aromatic N) is 1. The first-order valence-corrected chi connectivity index (χ1v) is 12.6. The zero-order valence-corrected chi connectivity index (χ0v) is 20.8. The number of benzene rings is 3. The lowest BCUT2D eigenvalue weighted by Gasteiger charge is -2.23. The van der Waals surface area contributed by atoms with Gasteiger partial charge in [-0.2, -0.15) is 13.2 Å². The quantitative estimate of drug-likeness (QED) is 0.342. The average molecular weight is 520 g/mol. The number of hydrogen-bond donors (Lipinski definition) is 0. The van der Waals surface area contributed by atoms with Crippen molar-refractivity contribution < 1.29 is 18.0 Å². The minimum absolute atomic E-state index is 0.0848. The van der Waals surface area contributed by atoms with Crippen LogP contribution >= 0.6 is 11.6 Å². The van der Waals surface area contributed by atoms with Gasteiger partial charge < -0.3 is 0 Å². The first kappa shape index (κ1) is 25.2. The largest absolute Gasteiger partial charge is 0.416 e. The van der Waals surface area contributed by atoms with E-state index >= 15 is 0 Å². The van der Waals surface area contributed by atoms with E-state index < -0.39 is 17.7 Å². The number of Topliss-reactive ketones (excluding diaryl/α,β-unsaturated/α-hetero) is 1. The van der Waals surface area contributed by atoms with Gasteiger partial charge in [0.1, 0.15) is 5.78 Å². The third kappa shape index (κ3) is 5.47. The molecule has 2 aliphatic rings. The Bertz CT molecular complexity index is 1370. The molecule has 1 aliphatic heterocycles. The normalized spacial score (nSPS) is 20.2. The Morgan fingerprint density at radius 1 is 0.892 bits per heavy atom. The number of carbonyl (C=O) groups excluding carboxylic acids is 1. The molecule has 5 rings (SSSR count). The van der Waals surface area contributed by atoms with Gasteiger partial charge in [0.25, 0.3) is 0 Å². The smallest absolute Gasteiger partial charge is 0.299 e. The maximum absolute atomic E-state index is 13.9. The fraction of sp³-hybridized carbons (Fsp3) is 0.226. The number of carbonyl (C=O) groups is 1. The van der Waals surface area contributed by atoms with Crippen LogP contribution in [-0.2, 0) is 17.4 Å². The van der Waals surface area contributed by atoms with Crippen LogP contribution in [0.2, 0.25) is 5.02 Å². The summed E-state index contributed by atoms with van der Waals surface area (Å²) >= 11 is 6.18. The van der Waals surface area contributed by atoms with Crippen molar-refractivity contribution in [3.05, 3.63) is 118 Å². The van der Waals surface area contributed by atoms with Crippen molar-refractivity contribution in [1.82, 2.24) is 0 Å². The minimum atomic E-state index is -4.38. The van der Waals surface area contributed by atoms with Gasteiger partial charge in [-0.1, -0.05) is 72.3 Å². The molecule has 0 aromatic heterocycles. The molecule has 3 aromatic carbocycles. The summed E-state index contributed by atoms with van der Waals surface area (Å²) in [6.07, 6.45) is 1.36. The van der Waals surface area contributed by atoms with E-state index in [1.165, 1.54) is 12.1 Å². The number of halogens is 4. The third-order valence-electron chi connectivity index (χ3n) is 7.05. The van der Waals surface area contributed by atoms with Gasteiger partial charge in [0.05, 0.1) is 18.0 Å². The molecule has 0 spiro atoms. The molecule has 0 amide bonds. The number of alkyl halides is 3. The van der Waals surface area contributed by atoms with Crippen LogP contribution in [0.1, 0.15) is 35.1 Å². The Kier molecular flexibility index (Phi) is 7.16. The molecule has 0 fully saturated rings. The van der Waals surface area contributed by atoms with Gasteiger partial charge in [0, 0.05) is 22.7 Å². The topological polar surface area (TPSA) is 29.4 Å². The molecule has 6 heteroatoms. The zero-order chi connectivity index (χ0) is 26.0. The van der Waals surface area contributed by atoms with Gasteiger partial charge in [0.2, 0.25) is 0 Å². The van der Waals surface area contributed by atoms with Crippen LogP contribution in [0.5, 0.6) is 0 Å². The second kappa shape index (κ2) is 10.5. The third-order valence-corrected chi connectivity index (χ3v) is 7.30. The van der Waals surface area contributed by atoms with Crippen molar-refractivity contribution in [3.63, 3.8) is 0 Å². The Morgan fingerprint density at radius 3 is 2.27 bits per heavy atom. The van der Waals surface area contributed by atoms with Crippen molar-refractivity contribution in [3.8, 4) is 0 Å². The van der Waals surface area contributed by atoms with E-state index in [1.807, 2.05) is 60.8 Å². The van der Waals surface area contributed by atoms with E-state index in [4.69, 9.17) is 11.6 Å². The van der Waals surface area contributed by atoms with E-state index in [0.717, 1.165) is 45.5 Å². The molecule has 0 bridgehead atoms. The molecule has 0 radical (unpaired) electrons. The van der Waals surface area contributed by atoms with Crippen LogP contribution in [0.3, 0.4) is 0 Å². The fourth-order valence-corrected chi connectivity index (χ4v) is 5.31. The first-order valence-electron chi connectivity index (χ1n) is 12.3. The predicted molar refractivity (Wildman–Crippen MR) is 143 cm³/mol. The molecule has 1 heterocycles. The Morgan fingerprint density at radius 2 is 1.59 bits per heavy atom. The lowest BCUT2D eigenvalue weighted by atomic mass is 9.79. The number of rotatable bonds is 4. The van der Waals surface area contributed by atoms with Gasteiger partial charge in [-0.05, 0) is 71.4 Å². The summed E-state index contributed by atoms with van der Waals surface area (Å²) in [5, 5.41) is 0.631. The highest BCUT2D eigenvalue weighted by atomic mass is 35.5. The molecule has 0 saturated carbocycles. The predicted octanol–water partition coefficient (Wildman–Crippen LogP) is 8.12. The zero-order valence-electron chi connectivity index (χ0n) is 20.0. The molecule has 0 N–H and O–H groups in total. The molecule has 1 aliphatic carbocycles. The van der Waals surface area contributed by atoms with Gasteiger partial charge in [-0.3, -0.25) is 9.79 Å². The van der Waals surface area contributed by atoms with Crippen LogP contribution in [-0.4, -0.2) is 18.5 Å². The second-order valence-corrected chi connectivity index (χ2v) is 9.88. The summed E-state index contributed by atoms with van der Waals surface area (Å²) in [7, 11) is 0. The van der Waals surface area contributed by atoms with Crippen LogP contribution in [0.4, 0.5) is 13.2 Å². The Hall–Kier alpha value is -3.44. The molecule has 2 atom stereocenters. The summed E-state index contributed by atoms with van der Waals surface area (Å²) in [6, 6.07) is 22.7. The van der Waals surface area contributed by atoms with E-state index in [9.17, 15) is 18.0 Å². The first-order chi connectivity index (χ1) is 17.8. The van der Waals surface area contributed by atoms with E-state index in [-0.39, 0.29) is 11.7 Å². The molecule has 1 unspecified atom stereocenters. The fourth-order valence-electron chi connectivity index (χ4n) is 5.19. The van der Waals surface area contributed by atoms with Crippen molar-refractivity contribution in [2.45, 2.75) is 25.4 Å². The van der Waals surface area contributed by atoms with Crippen molar-refractivity contribution >= 4 is 34.7 Å². The molecule has 3 aromatic rings. The lowest BCUT2D eigenvalue weighted by Crippen LogP contribution is -2.27. The van der Waals surface area contributed by atoms with Crippen molar-refractivity contribution in [2.75, 3.05) is 6.54 Å². The number of ketones is 1. The SMILES string of the molecule is O=C1C2CN=CC(c3ccccc3)=C(c3ccc(Cl)cc3)C2=CCC[C@H]1Cc1ccc(C(F)(F)F)cc1. The summed E-state index contributed by atoms with van der Waals surface area (Å²) < 4.78 is 39.0. The molecular weight excluding hydrogens is 495 g/mol. The number of aliphatic imine (C=N–C) groups is 1. The second-order valence-electron chi connectivity index (χ2n) is 9.44. The molecule has 37 heavy (non-hydrogen) atoms. The maximum atomic E-state index is 13.9. The summed E-state index contributed by atoms with van der Waals surface area (Å²) in [6.45, 7) is 0.335. The Labute approximate surface area is 219 Å². The van der Waals surface area contributed by atoms with Crippen molar-refractivity contribution in [2.24, 2.45) is 16.8 Å². The highest BCUT2D eigenvalue weighted by Crippen LogP contribution is 2.41. The van der Waals surface area contributed by atoms with Crippen LogP contribution in [0.15, 0.2) is 95.5 Å². The summed E-state index contributed by atoms with van der Waals surface area (Å²) in [5.74, 6) is -0.637. The molecule has 2 nitrogen and oxygen atoms in total. The van der Waals surface area contributed by atoms with E-state index in [0.29, 0.717) is 30.8 Å². The standard InChI is InChI=1S/C31H25ClF3NO/c32-25-15-11-22(12-16-25)29-26-8-4-7-23(17-20-9-13-24(14-10-20)31(33,34)35)30(37)28(26)19-36-18-27(29)21-5-2-1-3-6-21/h1-3,5-6,8-16,18,23,28H,4,7,17,19H2/t23-,28?/m0/s1. The van der Waals surface area contributed by atoms with Gasteiger partial charge in [0.15, 0.2) is 0 Å². The number of fused-ring (bicyclic) bond motifs is 1. The summed E-state index contributed by atoms with van der Waals surface area (Å²) in [5.41, 5.74) is 4.89. The van der Waals surface area contributed by atoms with Crippen molar-refractivity contribution in [1.29, 1.82) is 0 Å². The summed E-state index contributed by atoms with van der Waals surface area (Å²) in [4.78, 5) is 18.6. The highest BCUT2D eigenvalue weighted by molar-refractivity contribution is 6.30. The Balaban J connectivity index is 1.51. The van der Waals surface area contributed by atoms with Crippen LogP contribution in [0.25, 0.3) is 11.1 Å². The minimum Gasteiger partial charge on any atom is -0.299 e. The van der Waals surface area contributed by atoms with Gasteiger partial charge in [-0.25, -0.2) is 0 Å². The molecular formula is C31H25ClF3NO. The maximum Gasteiger partial charge on any atom is 0.416 e. The van der Waals surface area contributed by atoms with Gasteiger partial charge in [-0.15, -0.1) is 0 Å². The number of allylic oxidation sites excluding steroid dienone is 3. The lowest BCUT2D eigenvalue weighted by molar-refractivity contribution is -0.137. The molecule has 188 valence electrons. The highest BCUT2D eigenvalue weighted by Gasteiger charge is 2.35. The molecule has 0 saturated heterocycles. The average Bonchev–Trinajstić information content (AvgIpc) is 3.16. The van der Waals surface area contributed by atoms with E-state index in [2.05, 4.69) is 11.1 Å². The number of hydrogen-bond acceptors (Lipinski definition) is 2.